The van der Waals surface area contributed by atoms with Gasteiger partial charge >= 0.3 is 6.03 Å². The molecule has 2 amide bonds. The molecule has 0 aromatic heterocycles. The highest BCUT2D eigenvalue weighted by Gasteiger charge is 2.39. The minimum Gasteiger partial charge on any atom is -0.385 e. The zero-order valence-electron chi connectivity index (χ0n) is 10.9. The van der Waals surface area contributed by atoms with Gasteiger partial charge in [-0.2, -0.15) is 4.99 Å². The second kappa shape index (κ2) is 5.07. The summed E-state index contributed by atoms with van der Waals surface area (Å²) in [6, 6.07) is 0.0906. The van der Waals surface area contributed by atoms with Crippen molar-refractivity contribution in [1.82, 2.24) is 4.90 Å². The van der Waals surface area contributed by atoms with Gasteiger partial charge in [-0.05, 0) is 32.6 Å². The van der Waals surface area contributed by atoms with Crippen molar-refractivity contribution in [2.45, 2.75) is 64.5 Å². The number of aliphatic imine (C=N–C) groups is 1. The number of nitrogens with two attached hydrogens (primary N) is 1. The summed E-state index contributed by atoms with van der Waals surface area (Å²) < 4.78 is 0. The first-order valence-electron chi connectivity index (χ1n) is 6.77. The average Bonchev–Trinajstić information content (AvgIpc) is 2.47. The molecule has 4 nitrogen and oxygen atoms in total. The summed E-state index contributed by atoms with van der Waals surface area (Å²) in [5.74, 6) is 1.05. The topological polar surface area (TPSA) is 58.7 Å². The van der Waals surface area contributed by atoms with Crippen LogP contribution in [0.1, 0.15) is 52.4 Å². The number of urea groups is 1. The SMILES string of the molecule is CC(C)N1C(=O)N=C(N)C1C1CCCCCC1. The minimum atomic E-state index is -0.147. The van der Waals surface area contributed by atoms with Gasteiger partial charge in [-0.25, -0.2) is 4.79 Å². The quantitative estimate of drug-likeness (QED) is 0.750. The summed E-state index contributed by atoms with van der Waals surface area (Å²) in [7, 11) is 0. The van der Waals surface area contributed by atoms with Crippen LogP contribution in [0.15, 0.2) is 4.99 Å². The molecule has 1 atom stereocenters. The van der Waals surface area contributed by atoms with E-state index in [1.807, 2.05) is 18.7 Å². The van der Waals surface area contributed by atoms with Crippen molar-refractivity contribution < 1.29 is 4.79 Å². The summed E-state index contributed by atoms with van der Waals surface area (Å²) >= 11 is 0. The standard InChI is InChI=1S/C13H23N3O/c1-9(2)16-11(12(14)15-13(16)17)10-7-5-3-4-6-8-10/h9-11H,3-8H2,1-2H3,(H2,14,15,17). The van der Waals surface area contributed by atoms with Crippen molar-refractivity contribution in [3.63, 3.8) is 0 Å². The van der Waals surface area contributed by atoms with Crippen molar-refractivity contribution in [3.8, 4) is 0 Å². The van der Waals surface area contributed by atoms with Crippen LogP contribution in [0.3, 0.4) is 0 Å². The maximum atomic E-state index is 11.8. The Labute approximate surface area is 103 Å². The lowest BCUT2D eigenvalue weighted by molar-refractivity contribution is 0.165. The Morgan fingerprint density at radius 1 is 1.24 bits per heavy atom. The normalized spacial score (nSPS) is 27.5. The van der Waals surface area contributed by atoms with Gasteiger partial charge in [-0.15, -0.1) is 0 Å². The molecule has 2 N–H and O–H groups in total. The van der Waals surface area contributed by atoms with Gasteiger partial charge in [0.25, 0.3) is 0 Å². The lowest BCUT2D eigenvalue weighted by atomic mass is 9.90. The summed E-state index contributed by atoms with van der Waals surface area (Å²) in [4.78, 5) is 17.7. The smallest absolute Gasteiger partial charge is 0.346 e. The summed E-state index contributed by atoms with van der Waals surface area (Å²) in [5.41, 5.74) is 5.97. The molecule has 0 aromatic rings. The van der Waals surface area contributed by atoms with Crippen LogP contribution < -0.4 is 5.73 Å². The highest BCUT2D eigenvalue weighted by molar-refractivity contribution is 6.03. The minimum absolute atomic E-state index is 0.0561. The second-order valence-corrected chi connectivity index (χ2v) is 5.52. The fourth-order valence-corrected chi connectivity index (χ4v) is 3.13. The molecule has 1 saturated carbocycles. The third-order valence-corrected chi connectivity index (χ3v) is 3.95. The third kappa shape index (κ3) is 2.45. The van der Waals surface area contributed by atoms with E-state index in [-0.39, 0.29) is 18.1 Å². The van der Waals surface area contributed by atoms with E-state index >= 15 is 0 Å². The first kappa shape index (κ1) is 12.4. The zero-order valence-corrected chi connectivity index (χ0v) is 10.9. The van der Waals surface area contributed by atoms with E-state index in [0.29, 0.717) is 11.8 Å². The van der Waals surface area contributed by atoms with Crippen molar-refractivity contribution in [3.05, 3.63) is 0 Å². The molecule has 0 radical (unpaired) electrons. The Morgan fingerprint density at radius 3 is 2.35 bits per heavy atom. The predicted molar refractivity (Wildman–Crippen MR) is 69.0 cm³/mol. The van der Waals surface area contributed by atoms with Crippen LogP contribution in [0.25, 0.3) is 0 Å². The Kier molecular flexibility index (Phi) is 3.69. The van der Waals surface area contributed by atoms with E-state index in [4.69, 9.17) is 5.73 Å². The van der Waals surface area contributed by atoms with Gasteiger partial charge in [0.1, 0.15) is 5.84 Å². The van der Waals surface area contributed by atoms with Crippen molar-refractivity contribution in [1.29, 1.82) is 0 Å². The molecule has 2 aliphatic rings. The highest BCUT2D eigenvalue weighted by atomic mass is 16.2. The lowest BCUT2D eigenvalue weighted by Crippen LogP contribution is -2.48. The molecule has 1 heterocycles. The van der Waals surface area contributed by atoms with Crippen LogP contribution in [0.5, 0.6) is 0 Å². The molecule has 0 spiro atoms. The predicted octanol–water partition coefficient (Wildman–Crippen LogP) is 2.53. The van der Waals surface area contributed by atoms with Gasteiger partial charge < -0.3 is 10.6 Å². The number of hydrogen-bond donors (Lipinski definition) is 1. The van der Waals surface area contributed by atoms with E-state index in [1.54, 1.807) is 0 Å². The van der Waals surface area contributed by atoms with E-state index in [2.05, 4.69) is 4.99 Å². The third-order valence-electron chi connectivity index (χ3n) is 3.95. The van der Waals surface area contributed by atoms with Gasteiger partial charge in [0.15, 0.2) is 0 Å². The number of amidine groups is 1. The molecule has 1 fully saturated rings. The van der Waals surface area contributed by atoms with E-state index < -0.39 is 0 Å². The Hall–Kier alpha value is -1.06. The molecule has 96 valence electrons. The molecule has 0 saturated heterocycles. The van der Waals surface area contributed by atoms with Crippen LogP contribution in [-0.2, 0) is 0 Å². The number of carbonyl (C=O) groups excluding carboxylic acids is 1. The number of hydrogen-bond acceptors (Lipinski definition) is 2. The molecule has 4 heteroatoms. The Morgan fingerprint density at radius 2 is 1.82 bits per heavy atom. The van der Waals surface area contributed by atoms with E-state index in [0.717, 1.165) is 0 Å². The first-order chi connectivity index (χ1) is 8.11. The molecule has 0 aromatic carbocycles. The monoisotopic (exact) mass is 237 g/mol. The van der Waals surface area contributed by atoms with Crippen molar-refractivity contribution in [2.75, 3.05) is 0 Å². The van der Waals surface area contributed by atoms with Crippen molar-refractivity contribution in [2.24, 2.45) is 16.6 Å². The van der Waals surface area contributed by atoms with Crippen LogP contribution >= 0.6 is 0 Å². The molecular weight excluding hydrogens is 214 g/mol. The van der Waals surface area contributed by atoms with Crippen LogP contribution in [-0.4, -0.2) is 28.9 Å². The average molecular weight is 237 g/mol. The Bertz CT molecular complexity index is 317. The van der Waals surface area contributed by atoms with Gasteiger partial charge in [0.05, 0.1) is 6.04 Å². The molecule has 17 heavy (non-hydrogen) atoms. The summed E-state index contributed by atoms with van der Waals surface area (Å²) in [6.45, 7) is 4.07. The van der Waals surface area contributed by atoms with Gasteiger partial charge in [0, 0.05) is 6.04 Å². The zero-order chi connectivity index (χ0) is 12.4. The van der Waals surface area contributed by atoms with Crippen LogP contribution in [0.4, 0.5) is 4.79 Å². The molecule has 1 aliphatic carbocycles. The molecule has 1 aliphatic heterocycles. The van der Waals surface area contributed by atoms with E-state index in [1.165, 1.54) is 38.5 Å². The molecular formula is C13H23N3O. The molecule has 2 rings (SSSR count). The lowest BCUT2D eigenvalue weighted by Gasteiger charge is -2.33. The number of nitrogens with zero attached hydrogens (tertiary/aromatic N) is 2. The summed E-state index contributed by atoms with van der Waals surface area (Å²) in [5, 5.41) is 0. The maximum absolute atomic E-state index is 11.8. The fourth-order valence-electron chi connectivity index (χ4n) is 3.13. The highest BCUT2D eigenvalue weighted by Crippen LogP contribution is 2.31. The number of rotatable bonds is 2. The molecule has 0 bridgehead atoms. The van der Waals surface area contributed by atoms with Gasteiger partial charge in [-0.1, -0.05) is 25.7 Å². The van der Waals surface area contributed by atoms with Gasteiger partial charge in [-0.3, -0.25) is 0 Å². The van der Waals surface area contributed by atoms with Crippen LogP contribution in [0, 0.1) is 5.92 Å². The largest absolute Gasteiger partial charge is 0.385 e. The van der Waals surface area contributed by atoms with Crippen LogP contribution in [0.2, 0.25) is 0 Å². The van der Waals surface area contributed by atoms with Gasteiger partial charge in [0.2, 0.25) is 0 Å². The maximum Gasteiger partial charge on any atom is 0.346 e. The second-order valence-electron chi connectivity index (χ2n) is 5.52. The Balaban J connectivity index is 2.16. The van der Waals surface area contributed by atoms with Crippen molar-refractivity contribution >= 4 is 11.9 Å². The first-order valence-corrected chi connectivity index (χ1v) is 6.77. The van der Waals surface area contributed by atoms with E-state index in [9.17, 15) is 4.79 Å². The number of carbonyl (C=O) groups is 1. The number of amides is 2. The fraction of sp³-hybridized carbons (Fsp3) is 0.846. The summed E-state index contributed by atoms with van der Waals surface area (Å²) in [6.07, 6.45) is 7.50. The molecule has 1 unspecified atom stereocenters.